The lowest BCUT2D eigenvalue weighted by Gasteiger charge is -2.28. The Hall–Kier alpha value is -3.26. The van der Waals surface area contributed by atoms with E-state index in [2.05, 4.69) is 29.9 Å². The Labute approximate surface area is 244 Å². The molecule has 19 nitrogen and oxygen atoms in total. The van der Waals surface area contributed by atoms with Crippen LogP contribution in [-0.4, -0.2) is 92.7 Å². The summed E-state index contributed by atoms with van der Waals surface area (Å²) in [6, 6.07) is -1.07. The Kier molecular flexibility index (Phi) is 7.15. The quantitative estimate of drug-likeness (QED) is 0.218. The third-order valence-electron chi connectivity index (χ3n) is 7.73. The molecule has 4 aromatic rings. The molecule has 2 aliphatic heterocycles. The summed E-state index contributed by atoms with van der Waals surface area (Å²) >= 11 is 0. The van der Waals surface area contributed by atoms with E-state index >= 15 is 8.78 Å². The van der Waals surface area contributed by atoms with E-state index in [1.54, 1.807) is 0 Å². The first-order chi connectivity index (χ1) is 20.9. The van der Waals surface area contributed by atoms with Crippen molar-refractivity contribution in [1.29, 1.82) is 0 Å². The normalized spacial score (nSPS) is 38.3. The molecule has 6 heterocycles. The Morgan fingerprint density at radius 1 is 0.795 bits per heavy atom. The van der Waals surface area contributed by atoms with Gasteiger partial charge in [-0.3, -0.25) is 22.7 Å². The van der Waals surface area contributed by atoms with Crippen molar-refractivity contribution < 1.29 is 50.5 Å². The number of phosphoric ester groups is 2. The minimum absolute atomic E-state index is 0.0115. The van der Waals surface area contributed by atoms with Gasteiger partial charge >= 0.3 is 15.6 Å². The average Bonchev–Trinajstić information content (AvgIpc) is 3.73. The van der Waals surface area contributed by atoms with E-state index in [9.17, 15) is 18.9 Å². The molecule has 0 radical (unpaired) electrons. The predicted octanol–water partition coefficient (Wildman–Crippen LogP) is 0.983. The maximum atomic E-state index is 16.0. The minimum Gasteiger partial charge on any atom is -0.382 e. The molecule has 1 aliphatic carbocycles. The zero-order chi connectivity index (χ0) is 31.0. The third-order valence-corrected chi connectivity index (χ3v) is 9.70. The Balaban J connectivity index is 1.17. The van der Waals surface area contributed by atoms with Crippen LogP contribution >= 0.6 is 15.6 Å². The molecule has 0 amide bonds. The molecule has 236 valence electrons. The zero-order valence-corrected chi connectivity index (χ0v) is 24.0. The maximum absolute atomic E-state index is 16.0. The highest BCUT2D eigenvalue weighted by atomic mass is 31.2. The van der Waals surface area contributed by atoms with Gasteiger partial charge < -0.3 is 30.6 Å². The number of nitrogen functional groups attached to an aromatic ring is 2. The molecule has 1 saturated carbocycles. The van der Waals surface area contributed by atoms with Crippen LogP contribution in [0.5, 0.6) is 0 Å². The van der Waals surface area contributed by atoms with Gasteiger partial charge in [0.25, 0.3) is 0 Å². The van der Waals surface area contributed by atoms with Gasteiger partial charge in [0.1, 0.15) is 48.2 Å². The maximum Gasteiger partial charge on any atom is 0.472 e. The van der Waals surface area contributed by atoms with Crippen molar-refractivity contribution >= 4 is 49.6 Å². The Morgan fingerprint density at radius 2 is 1.36 bits per heavy atom. The fraction of sp³-hybridized carbons (Fsp3) is 0.524. The van der Waals surface area contributed by atoms with E-state index < -0.39 is 77.7 Å². The van der Waals surface area contributed by atoms with Crippen LogP contribution in [0.25, 0.3) is 22.3 Å². The van der Waals surface area contributed by atoms with Gasteiger partial charge in [-0.15, -0.1) is 0 Å². The highest BCUT2D eigenvalue weighted by molar-refractivity contribution is 7.47. The van der Waals surface area contributed by atoms with Crippen LogP contribution in [0.4, 0.5) is 20.4 Å². The number of phosphoric acid groups is 2. The van der Waals surface area contributed by atoms with Gasteiger partial charge in [-0.05, 0) is 6.42 Å². The number of rotatable bonds is 2. The number of imidazole rings is 2. The van der Waals surface area contributed by atoms with Crippen molar-refractivity contribution in [3.05, 3.63) is 25.3 Å². The lowest BCUT2D eigenvalue weighted by molar-refractivity contribution is -0.0551. The van der Waals surface area contributed by atoms with Gasteiger partial charge in [-0.25, -0.2) is 47.8 Å². The first kappa shape index (κ1) is 29.5. The first-order valence-corrected chi connectivity index (χ1v) is 16.0. The van der Waals surface area contributed by atoms with E-state index in [-0.39, 0.29) is 40.4 Å². The molecule has 0 spiro atoms. The lowest BCUT2D eigenvalue weighted by atomic mass is 10.1. The van der Waals surface area contributed by atoms with Crippen LogP contribution in [0.15, 0.2) is 25.3 Å². The summed E-state index contributed by atoms with van der Waals surface area (Å²) in [5.41, 5.74) is 12.2. The Bertz CT molecular complexity index is 1700. The molecule has 0 aromatic carbocycles. The standard InChI is InChI=1S/C21H24F2N10O9P2/c22-11-9(32-6-30-13-17(24)26-4-28-19(13)32)1-8-2-38-43(34,35)42-16-10(3-39-44(36,37)41-15(8)11)40-21(12(16)23)33-7-31-14-18(25)27-5-29-20(14)33/h4-12,15-16,21H,1-3H2,(H,34,35)(H,36,37)(H2,24,26,28)(H2,25,27,29)/t8-,9-,10-,11?,12+,15+,16?,21-/m1/s1. The van der Waals surface area contributed by atoms with Gasteiger partial charge in [-0.1, -0.05) is 0 Å². The monoisotopic (exact) mass is 660 g/mol. The second-order valence-electron chi connectivity index (χ2n) is 10.4. The number of alkyl halides is 2. The van der Waals surface area contributed by atoms with Crippen molar-refractivity contribution in [2.75, 3.05) is 24.7 Å². The molecule has 4 aromatic heterocycles. The highest BCUT2D eigenvalue weighted by Gasteiger charge is 2.54. The number of aromatic nitrogens is 8. The molecule has 3 aliphatic rings. The lowest BCUT2D eigenvalue weighted by Crippen LogP contribution is -2.35. The summed E-state index contributed by atoms with van der Waals surface area (Å²) in [7, 11) is -10.1. The molecule has 44 heavy (non-hydrogen) atoms. The molecule has 10 atom stereocenters. The van der Waals surface area contributed by atoms with Crippen LogP contribution in [0.2, 0.25) is 0 Å². The molecular weight excluding hydrogens is 636 g/mol. The summed E-state index contributed by atoms with van der Waals surface area (Å²) in [5, 5.41) is 0. The number of nitrogens with zero attached hydrogens (tertiary/aromatic N) is 8. The molecule has 2 saturated heterocycles. The number of hydrogen-bond acceptors (Lipinski definition) is 15. The number of nitrogens with two attached hydrogens (primary N) is 2. The number of anilines is 2. The van der Waals surface area contributed by atoms with Crippen molar-refractivity contribution in [2.45, 2.75) is 49.3 Å². The molecule has 7 rings (SSSR count). The van der Waals surface area contributed by atoms with Gasteiger partial charge in [-0.2, -0.15) is 0 Å². The molecule has 0 bridgehead atoms. The van der Waals surface area contributed by atoms with Gasteiger partial charge in [0.15, 0.2) is 35.3 Å². The average molecular weight is 660 g/mol. The largest absolute Gasteiger partial charge is 0.472 e. The highest BCUT2D eigenvalue weighted by Crippen LogP contribution is 2.55. The fourth-order valence-electron chi connectivity index (χ4n) is 5.70. The van der Waals surface area contributed by atoms with E-state index in [1.807, 2.05) is 0 Å². The number of halogens is 2. The second-order valence-corrected chi connectivity index (χ2v) is 13.2. The topological polar surface area (TPSA) is 260 Å². The second kappa shape index (κ2) is 10.7. The van der Waals surface area contributed by atoms with Gasteiger partial charge in [0.05, 0.1) is 31.9 Å². The van der Waals surface area contributed by atoms with Gasteiger partial charge in [0.2, 0.25) is 0 Å². The molecule has 4 unspecified atom stereocenters. The molecule has 3 fully saturated rings. The predicted molar refractivity (Wildman–Crippen MR) is 142 cm³/mol. The minimum atomic E-state index is -5.04. The molecule has 6 N–H and O–H groups in total. The molecule has 23 heteroatoms. The molecular formula is C21H24F2N10O9P2. The smallest absolute Gasteiger partial charge is 0.382 e. The van der Waals surface area contributed by atoms with Crippen molar-refractivity contribution in [3.63, 3.8) is 0 Å². The van der Waals surface area contributed by atoms with Gasteiger partial charge in [0, 0.05) is 5.92 Å². The third kappa shape index (κ3) is 5.03. The number of hydrogen-bond donors (Lipinski definition) is 4. The van der Waals surface area contributed by atoms with Crippen LogP contribution < -0.4 is 11.5 Å². The number of fused-ring (bicyclic) bond motifs is 4. The van der Waals surface area contributed by atoms with Crippen LogP contribution in [0.3, 0.4) is 0 Å². The van der Waals surface area contributed by atoms with Crippen LogP contribution in [0.1, 0.15) is 18.7 Å². The summed E-state index contributed by atoms with van der Waals surface area (Å²) in [6.45, 7) is -1.54. The van der Waals surface area contributed by atoms with Crippen LogP contribution in [-0.2, 0) is 32.0 Å². The van der Waals surface area contributed by atoms with Crippen molar-refractivity contribution in [1.82, 2.24) is 39.0 Å². The summed E-state index contributed by atoms with van der Waals surface area (Å²) < 4.78 is 86.8. The SMILES string of the molecule is Nc1ncnc2c1ncn2[C@@H]1C[C@@H]2COP(=O)(O)OC3[C@@H](COP(=O)(O)O[C@@H]2C1F)O[C@@H](n1cnc2c(N)ncnc21)[C@H]3F. The van der Waals surface area contributed by atoms with Crippen molar-refractivity contribution in [2.24, 2.45) is 5.92 Å². The van der Waals surface area contributed by atoms with E-state index in [4.69, 9.17) is 34.3 Å². The first-order valence-electron chi connectivity index (χ1n) is 13.0. The van der Waals surface area contributed by atoms with E-state index in [0.29, 0.717) is 0 Å². The summed E-state index contributed by atoms with van der Waals surface area (Å²) in [4.78, 5) is 45.1. The van der Waals surface area contributed by atoms with Crippen molar-refractivity contribution in [3.8, 4) is 0 Å². The Morgan fingerprint density at radius 3 is 2.02 bits per heavy atom. The van der Waals surface area contributed by atoms with E-state index in [1.165, 1.54) is 17.2 Å². The number of ether oxygens (including phenoxy) is 1. The zero-order valence-electron chi connectivity index (χ0n) is 22.2. The van der Waals surface area contributed by atoms with Crippen LogP contribution in [0, 0.1) is 5.92 Å². The summed E-state index contributed by atoms with van der Waals surface area (Å²) in [5.74, 6) is -1.01. The van der Waals surface area contributed by atoms with E-state index in [0.717, 1.165) is 17.2 Å². The summed E-state index contributed by atoms with van der Waals surface area (Å²) in [6.07, 6.45) is -6.11. The fourth-order valence-corrected chi connectivity index (χ4v) is 7.69.